The van der Waals surface area contributed by atoms with Gasteiger partial charge in [-0.2, -0.15) is 0 Å². The molecule has 5 nitrogen and oxygen atoms in total. The molecule has 114 valence electrons. The van der Waals surface area contributed by atoms with Gasteiger partial charge in [0, 0.05) is 12.4 Å². The van der Waals surface area contributed by atoms with Crippen LogP contribution in [-0.4, -0.2) is 33.1 Å². The van der Waals surface area contributed by atoms with E-state index in [4.69, 9.17) is 0 Å². The molecule has 1 saturated carbocycles. The molecule has 2 aromatic heterocycles. The van der Waals surface area contributed by atoms with Gasteiger partial charge in [0.15, 0.2) is 0 Å². The Hall–Kier alpha value is -2.27. The zero-order valence-corrected chi connectivity index (χ0v) is 12.3. The number of amides is 1. The van der Waals surface area contributed by atoms with E-state index >= 15 is 0 Å². The first-order valence-electron chi connectivity index (χ1n) is 7.54. The number of pyridine rings is 2. The molecule has 2 aromatic rings. The van der Waals surface area contributed by atoms with Crippen LogP contribution < -0.4 is 5.32 Å². The molecule has 0 spiro atoms. The highest BCUT2D eigenvalue weighted by molar-refractivity contribution is 5.99. The topological polar surface area (TPSA) is 75.1 Å². The molecule has 0 radical (unpaired) electrons. The molecule has 0 aromatic carbocycles. The zero-order chi connectivity index (χ0) is 15.4. The van der Waals surface area contributed by atoms with E-state index < -0.39 is 5.54 Å². The van der Waals surface area contributed by atoms with Gasteiger partial charge in [-0.25, -0.2) is 0 Å². The van der Waals surface area contributed by atoms with Crippen molar-refractivity contribution in [2.75, 3.05) is 6.61 Å². The van der Waals surface area contributed by atoms with Crippen LogP contribution in [-0.2, 0) is 0 Å². The van der Waals surface area contributed by atoms with Gasteiger partial charge in [0.25, 0.3) is 5.91 Å². The summed E-state index contributed by atoms with van der Waals surface area (Å²) in [7, 11) is 0. The van der Waals surface area contributed by atoms with Crippen molar-refractivity contribution in [3.8, 4) is 11.4 Å². The van der Waals surface area contributed by atoms with E-state index in [2.05, 4.69) is 15.3 Å². The van der Waals surface area contributed by atoms with Crippen molar-refractivity contribution in [3.05, 3.63) is 48.3 Å². The molecule has 0 aliphatic heterocycles. The molecular weight excluding hydrogens is 278 g/mol. The van der Waals surface area contributed by atoms with Crippen LogP contribution in [0.1, 0.15) is 36.0 Å². The van der Waals surface area contributed by atoms with Crippen LogP contribution in [0.2, 0.25) is 0 Å². The Labute approximate surface area is 129 Å². The average Bonchev–Trinajstić information content (AvgIpc) is 3.05. The summed E-state index contributed by atoms with van der Waals surface area (Å²) in [5.41, 5.74) is 1.22. The summed E-state index contributed by atoms with van der Waals surface area (Å²) in [5, 5.41) is 12.7. The fraction of sp³-hybridized carbons (Fsp3) is 0.353. The number of carbonyl (C=O) groups excluding carboxylic acids is 1. The lowest BCUT2D eigenvalue weighted by molar-refractivity contribution is 0.0839. The van der Waals surface area contributed by atoms with Gasteiger partial charge < -0.3 is 10.4 Å². The van der Waals surface area contributed by atoms with Crippen molar-refractivity contribution in [2.45, 2.75) is 31.2 Å². The quantitative estimate of drug-likeness (QED) is 0.907. The molecule has 0 saturated heterocycles. The molecule has 1 aliphatic carbocycles. The summed E-state index contributed by atoms with van der Waals surface area (Å²) in [6, 6.07) is 9.00. The summed E-state index contributed by atoms with van der Waals surface area (Å²) in [6.07, 6.45) is 7.01. The summed E-state index contributed by atoms with van der Waals surface area (Å²) in [5.74, 6) is -0.204. The van der Waals surface area contributed by atoms with E-state index in [-0.39, 0.29) is 12.5 Å². The number of hydrogen-bond donors (Lipinski definition) is 2. The minimum atomic E-state index is -0.492. The Kier molecular flexibility index (Phi) is 4.15. The standard InChI is InChI=1S/C17H19N3O2/c21-12-17(8-2-3-9-17)20-16(22)13-6-5-11-19-15(13)14-7-1-4-10-18-14/h1,4-7,10-11,21H,2-3,8-9,12H2,(H,20,22). The first-order chi connectivity index (χ1) is 10.7. The van der Waals surface area contributed by atoms with Gasteiger partial charge in [-0.3, -0.25) is 14.8 Å². The maximum absolute atomic E-state index is 12.7. The lowest BCUT2D eigenvalue weighted by Gasteiger charge is -2.28. The lowest BCUT2D eigenvalue weighted by atomic mass is 9.98. The summed E-state index contributed by atoms with van der Waals surface area (Å²) in [4.78, 5) is 21.2. The van der Waals surface area contributed by atoms with E-state index in [9.17, 15) is 9.90 Å². The first-order valence-corrected chi connectivity index (χ1v) is 7.54. The third-order valence-electron chi connectivity index (χ3n) is 4.20. The Balaban J connectivity index is 1.90. The van der Waals surface area contributed by atoms with Gasteiger partial charge in [-0.05, 0) is 37.1 Å². The van der Waals surface area contributed by atoms with Crippen LogP contribution in [0, 0.1) is 0 Å². The number of hydrogen-bond acceptors (Lipinski definition) is 4. The second-order valence-electron chi connectivity index (χ2n) is 5.71. The SMILES string of the molecule is O=C(NC1(CO)CCCC1)c1cccnc1-c1ccccn1. The van der Waals surface area contributed by atoms with Crippen LogP contribution in [0.5, 0.6) is 0 Å². The number of rotatable bonds is 4. The van der Waals surface area contributed by atoms with Gasteiger partial charge >= 0.3 is 0 Å². The van der Waals surface area contributed by atoms with Crippen LogP contribution in [0.4, 0.5) is 0 Å². The van der Waals surface area contributed by atoms with Crippen molar-refractivity contribution < 1.29 is 9.90 Å². The van der Waals surface area contributed by atoms with Crippen molar-refractivity contribution in [1.29, 1.82) is 0 Å². The molecule has 1 amide bonds. The van der Waals surface area contributed by atoms with Gasteiger partial charge in [0.05, 0.1) is 23.4 Å². The fourth-order valence-electron chi connectivity index (χ4n) is 2.98. The van der Waals surface area contributed by atoms with E-state index in [1.807, 2.05) is 18.2 Å². The normalized spacial score (nSPS) is 16.4. The average molecular weight is 297 g/mol. The second kappa shape index (κ2) is 6.23. The van der Waals surface area contributed by atoms with Gasteiger partial charge in [0.1, 0.15) is 5.69 Å². The molecule has 22 heavy (non-hydrogen) atoms. The maximum Gasteiger partial charge on any atom is 0.254 e. The van der Waals surface area contributed by atoms with E-state index in [0.29, 0.717) is 17.0 Å². The monoisotopic (exact) mass is 297 g/mol. The van der Waals surface area contributed by atoms with Crippen molar-refractivity contribution in [1.82, 2.24) is 15.3 Å². The third kappa shape index (κ3) is 2.85. The largest absolute Gasteiger partial charge is 0.394 e. The van der Waals surface area contributed by atoms with Gasteiger partial charge in [-0.1, -0.05) is 18.9 Å². The fourth-order valence-corrected chi connectivity index (χ4v) is 2.98. The Morgan fingerprint density at radius 1 is 1.14 bits per heavy atom. The van der Waals surface area contributed by atoms with Crippen LogP contribution in [0.15, 0.2) is 42.7 Å². The molecule has 0 bridgehead atoms. The highest BCUT2D eigenvalue weighted by Crippen LogP contribution is 2.30. The number of aromatic nitrogens is 2. The Morgan fingerprint density at radius 3 is 2.59 bits per heavy atom. The summed E-state index contributed by atoms with van der Waals surface area (Å²) < 4.78 is 0. The van der Waals surface area contributed by atoms with Gasteiger partial charge in [-0.15, -0.1) is 0 Å². The highest BCUT2D eigenvalue weighted by Gasteiger charge is 2.35. The van der Waals surface area contributed by atoms with E-state index in [0.717, 1.165) is 25.7 Å². The molecule has 2 heterocycles. The maximum atomic E-state index is 12.7. The molecule has 0 atom stereocenters. The molecule has 5 heteroatoms. The number of carbonyl (C=O) groups is 1. The number of aliphatic hydroxyl groups excluding tert-OH is 1. The Morgan fingerprint density at radius 2 is 1.91 bits per heavy atom. The van der Waals surface area contributed by atoms with Crippen molar-refractivity contribution in [3.63, 3.8) is 0 Å². The molecule has 1 fully saturated rings. The molecular formula is C17H19N3O2. The Bertz CT molecular complexity index is 652. The van der Waals surface area contributed by atoms with Crippen LogP contribution >= 0.6 is 0 Å². The lowest BCUT2D eigenvalue weighted by Crippen LogP contribution is -2.49. The van der Waals surface area contributed by atoms with E-state index in [1.54, 1.807) is 24.5 Å². The molecule has 2 N–H and O–H groups in total. The summed E-state index contributed by atoms with van der Waals surface area (Å²) >= 11 is 0. The van der Waals surface area contributed by atoms with E-state index in [1.165, 1.54) is 0 Å². The summed E-state index contributed by atoms with van der Waals surface area (Å²) in [6.45, 7) is -0.0298. The predicted octanol–water partition coefficient (Wildman–Crippen LogP) is 2.18. The number of nitrogens with one attached hydrogen (secondary N) is 1. The predicted molar refractivity (Wildman–Crippen MR) is 83.2 cm³/mol. The minimum absolute atomic E-state index is 0.0298. The molecule has 1 aliphatic rings. The van der Waals surface area contributed by atoms with Crippen molar-refractivity contribution in [2.24, 2.45) is 0 Å². The van der Waals surface area contributed by atoms with Crippen LogP contribution in [0.3, 0.4) is 0 Å². The van der Waals surface area contributed by atoms with Crippen LogP contribution in [0.25, 0.3) is 11.4 Å². The number of nitrogens with zero attached hydrogens (tertiary/aromatic N) is 2. The van der Waals surface area contributed by atoms with Crippen molar-refractivity contribution >= 4 is 5.91 Å². The van der Waals surface area contributed by atoms with Gasteiger partial charge in [0.2, 0.25) is 0 Å². The molecule has 3 rings (SSSR count). The highest BCUT2D eigenvalue weighted by atomic mass is 16.3. The zero-order valence-electron chi connectivity index (χ0n) is 12.3. The first kappa shape index (κ1) is 14.7. The number of aliphatic hydroxyl groups is 1. The minimum Gasteiger partial charge on any atom is -0.394 e. The molecule has 0 unspecified atom stereocenters. The smallest absolute Gasteiger partial charge is 0.254 e. The second-order valence-corrected chi connectivity index (χ2v) is 5.71. The third-order valence-corrected chi connectivity index (χ3v) is 4.20.